The van der Waals surface area contributed by atoms with Gasteiger partial charge in [0.1, 0.15) is 5.76 Å². The van der Waals surface area contributed by atoms with Gasteiger partial charge >= 0.3 is 0 Å². The lowest BCUT2D eigenvalue weighted by molar-refractivity contribution is 0.241. The van der Waals surface area contributed by atoms with Crippen molar-refractivity contribution in [2.45, 2.75) is 32.9 Å². The zero-order valence-corrected chi connectivity index (χ0v) is 12.3. The number of methoxy groups -OCH3 is 1. The van der Waals surface area contributed by atoms with Crippen molar-refractivity contribution < 1.29 is 14.3 Å². The van der Waals surface area contributed by atoms with E-state index < -0.39 is 0 Å². The van der Waals surface area contributed by atoms with Crippen LogP contribution in [0.4, 0.5) is 0 Å². The summed E-state index contributed by atoms with van der Waals surface area (Å²) in [5, 5.41) is 13.6. The molecule has 2 rings (SSSR count). The van der Waals surface area contributed by atoms with Crippen molar-refractivity contribution in [3.8, 4) is 5.75 Å². The molecule has 0 aliphatic heterocycles. The van der Waals surface area contributed by atoms with E-state index in [4.69, 9.17) is 14.3 Å². The molecule has 4 nitrogen and oxygen atoms in total. The van der Waals surface area contributed by atoms with Gasteiger partial charge in [-0.05, 0) is 24.5 Å². The molecule has 2 aromatic rings. The van der Waals surface area contributed by atoms with Gasteiger partial charge in [0.25, 0.3) is 0 Å². The van der Waals surface area contributed by atoms with Crippen LogP contribution in [-0.4, -0.2) is 24.9 Å². The number of nitrogens with one attached hydrogen (secondary N) is 1. The Balaban J connectivity index is 2.10. The molecule has 0 fully saturated rings. The molecule has 2 N–H and O–H groups in total. The fourth-order valence-corrected chi connectivity index (χ4v) is 2.38. The molecule has 4 heteroatoms. The maximum atomic E-state index is 9.09. The Kier molecular flexibility index (Phi) is 5.04. The number of benzene rings is 1. The first kappa shape index (κ1) is 14.9. The number of furan rings is 1. The van der Waals surface area contributed by atoms with E-state index in [0.29, 0.717) is 12.5 Å². The third-order valence-electron chi connectivity index (χ3n) is 3.56. The van der Waals surface area contributed by atoms with E-state index in [9.17, 15) is 0 Å². The fraction of sp³-hybridized carbons (Fsp3) is 0.500. The van der Waals surface area contributed by atoms with Gasteiger partial charge in [0, 0.05) is 18.0 Å². The molecule has 0 radical (unpaired) electrons. The SMILES string of the molecule is COc1cccc2cc(CNC(CCO)C(C)C)oc12. The smallest absolute Gasteiger partial charge is 0.176 e. The Morgan fingerprint density at radius 3 is 2.80 bits per heavy atom. The minimum atomic E-state index is 0.198. The Morgan fingerprint density at radius 1 is 1.35 bits per heavy atom. The quantitative estimate of drug-likeness (QED) is 0.817. The second kappa shape index (κ2) is 6.77. The number of ether oxygens (including phenoxy) is 1. The van der Waals surface area contributed by atoms with E-state index in [1.165, 1.54) is 0 Å². The van der Waals surface area contributed by atoms with Crippen molar-refractivity contribution in [1.29, 1.82) is 0 Å². The highest BCUT2D eigenvalue weighted by Gasteiger charge is 2.14. The molecular weight excluding hydrogens is 254 g/mol. The van der Waals surface area contributed by atoms with Crippen LogP contribution < -0.4 is 10.1 Å². The van der Waals surface area contributed by atoms with Crippen molar-refractivity contribution in [3.63, 3.8) is 0 Å². The fourth-order valence-electron chi connectivity index (χ4n) is 2.38. The van der Waals surface area contributed by atoms with E-state index in [-0.39, 0.29) is 12.6 Å². The van der Waals surface area contributed by atoms with Gasteiger partial charge in [0.15, 0.2) is 11.3 Å². The van der Waals surface area contributed by atoms with E-state index in [0.717, 1.165) is 28.9 Å². The van der Waals surface area contributed by atoms with Crippen LogP contribution in [0.3, 0.4) is 0 Å². The lowest BCUT2D eigenvalue weighted by Crippen LogP contribution is -2.34. The summed E-state index contributed by atoms with van der Waals surface area (Å²) >= 11 is 0. The van der Waals surface area contributed by atoms with Gasteiger partial charge in [-0.3, -0.25) is 0 Å². The first-order chi connectivity index (χ1) is 9.65. The van der Waals surface area contributed by atoms with Crippen molar-refractivity contribution >= 4 is 11.0 Å². The average Bonchev–Trinajstić information content (AvgIpc) is 2.85. The molecule has 1 aromatic carbocycles. The maximum Gasteiger partial charge on any atom is 0.176 e. The zero-order valence-electron chi connectivity index (χ0n) is 12.3. The Morgan fingerprint density at radius 2 is 2.15 bits per heavy atom. The molecule has 0 saturated heterocycles. The number of aliphatic hydroxyl groups excluding tert-OH is 1. The molecule has 1 atom stereocenters. The second-order valence-electron chi connectivity index (χ2n) is 5.34. The van der Waals surface area contributed by atoms with Gasteiger partial charge in [-0.2, -0.15) is 0 Å². The van der Waals surface area contributed by atoms with Crippen molar-refractivity contribution in [2.75, 3.05) is 13.7 Å². The summed E-state index contributed by atoms with van der Waals surface area (Å²) in [4.78, 5) is 0. The average molecular weight is 277 g/mol. The largest absolute Gasteiger partial charge is 0.493 e. The molecule has 0 bridgehead atoms. The predicted octanol–water partition coefficient (Wildman–Crippen LogP) is 2.94. The van der Waals surface area contributed by atoms with Gasteiger partial charge in [0.2, 0.25) is 0 Å². The van der Waals surface area contributed by atoms with Crippen LogP contribution in [0.2, 0.25) is 0 Å². The number of hydrogen-bond acceptors (Lipinski definition) is 4. The van der Waals surface area contributed by atoms with Crippen molar-refractivity contribution in [2.24, 2.45) is 5.92 Å². The first-order valence-corrected chi connectivity index (χ1v) is 7.05. The van der Waals surface area contributed by atoms with Gasteiger partial charge in [0.05, 0.1) is 13.7 Å². The van der Waals surface area contributed by atoms with Crippen LogP contribution in [0.5, 0.6) is 5.75 Å². The summed E-state index contributed by atoms with van der Waals surface area (Å²) in [7, 11) is 1.64. The zero-order chi connectivity index (χ0) is 14.5. The Hall–Kier alpha value is -1.52. The van der Waals surface area contributed by atoms with E-state index in [2.05, 4.69) is 19.2 Å². The van der Waals surface area contributed by atoms with Crippen LogP contribution in [0.1, 0.15) is 26.0 Å². The lowest BCUT2D eigenvalue weighted by atomic mass is 10.0. The molecule has 0 aliphatic carbocycles. The lowest BCUT2D eigenvalue weighted by Gasteiger charge is -2.20. The molecule has 0 aliphatic rings. The van der Waals surface area contributed by atoms with Crippen LogP contribution in [0, 0.1) is 5.92 Å². The summed E-state index contributed by atoms with van der Waals surface area (Å²) in [6.45, 7) is 5.15. The summed E-state index contributed by atoms with van der Waals surface area (Å²) in [5.41, 5.74) is 0.787. The Labute approximate surface area is 119 Å². The van der Waals surface area contributed by atoms with Crippen LogP contribution in [0.15, 0.2) is 28.7 Å². The van der Waals surface area contributed by atoms with E-state index >= 15 is 0 Å². The highest BCUT2D eigenvalue weighted by molar-refractivity contribution is 5.83. The molecule has 0 saturated carbocycles. The number of rotatable bonds is 7. The molecule has 1 unspecified atom stereocenters. The number of hydrogen-bond donors (Lipinski definition) is 2. The summed E-state index contributed by atoms with van der Waals surface area (Å²) in [6, 6.07) is 8.18. The third kappa shape index (κ3) is 3.32. The standard InChI is InChI=1S/C16H23NO3/c1-11(2)14(7-8-18)17-10-13-9-12-5-4-6-15(19-3)16(12)20-13/h4-6,9,11,14,17-18H,7-8,10H2,1-3H3. The minimum absolute atomic E-state index is 0.198. The molecule has 0 spiro atoms. The summed E-state index contributed by atoms with van der Waals surface area (Å²) < 4.78 is 11.1. The molecular formula is C16H23NO3. The van der Waals surface area contributed by atoms with Crippen molar-refractivity contribution in [3.05, 3.63) is 30.0 Å². The topological polar surface area (TPSA) is 54.6 Å². The molecule has 1 heterocycles. The maximum absolute atomic E-state index is 9.09. The predicted molar refractivity (Wildman–Crippen MR) is 79.9 cm³/mol. The van der Waals surface area contributed by atoms with Crippen molar-refractivity contribution in [1.82, 2.24) is 5.32 Å². The van der Waals surface area contributed by atoms with Gasteiger partial charge in [-0.1, -0.05) is 26.0 Å². The van der Waals surface area contributed by atoms with Crippen LogP contribution >= 0.6 is 0 Å². The van der Waals surface area contributed by atoms with Gasteiger partial charge in [-0.25, -0.2) is 0 Å². The third-order valence-corrected chi connectivity index (χ3v) is 3.56. The van der Waals surface area contributed by atoms with Gasteiger partial charge < -0.3 is 19.6 Å². The summed E-state index contributed by atoms with van der Waals surface area (Å²) in [6.07, 6.45) is 0.751. The first-order valence-electron chi connectivity index (χ1n) is 7.05. The molecule has 1 aromatic heterocycles. The summed E-state index contributed by atoms with van der Waals surface area (Å²) in [5.74, 6) is 2.11. The Bertz CT molecular complexity index is 548. The highest BCUT2D eigenvalue weighted by Crippen LogP contribution is 2.28. The van der Waals surface area contributed by atoms with E-state index in [1.807, 2.05) is 24.3 Å². The molecule has 0 amide bonds. The second-order valence-corrected chi connectivity index (χ2v) is 5.34. The minimum Gasteiger partial charge on any atom is -0.493 e. The highest BCUT2D eigenvalue weighted by atomic mass is 16.5. The monoisotopic (exact) mass is 277 g/mol. The molecule has 110 valence electrons. The van der Waals surface area contributed by atoms with E-state index in [1.54, 1.807) is 7.11 Å². The normalized spacial score (nSPS) is 13.1. The van der Waals surface area contributed by atoms with Crippen LogP contribution in [0.25, 0.3) is 11.0 Å². The number of aliphatic hydroxyl groups is 1. The molecule has 20 heavy (non-hydrogen) atoms. The van der Waals surface area contributed by atoms with Gasteiger partial charge in [-0.15, -0.1) is 0 Å². The number of para-hydroxylation sites is 1. The van der Waals surface area contributed by atoms with Crippen LogP contribution in [-0.2, 0) is 6.54 Å². The number of fused-ring (bicyclic) bond motifs is 1.